The van der Waals surface area contributed by atoms with Gasteiger partial charge in [0, 0.05) is 37.8 Å². The van der Waals surface area contributed by atoms with Gasteiger partial charge in [0.2, 0.25) is 0 Å². The SMILES string of the molecule is CCCC1CN(CCOCC(C)C)C(CC)(CC)CN1. The van der Waals surface area contributed by atoms with Crippen molar-refractivity contribution in [1.29, 1.82) is 0 Å². The Balaban J connectivity index is 2.53. The summed E-state index contributed by atoms with van der Waals surface area (Å²) < 4.78 is 5.81. The number of nitrogens with one attached hydrogen (secondary N) is 1. The molecule has 1 aliphatic rings. The van der Waals surface area contributed by atoms with Crippen molar-refractivity contribution in [3.05, 3.63) is 0 Å². The molecule has 3 nitrogen and oxygen atoms in total. The minimum Gasteiger partial charge on any atom is -0.380 e. The van der Waals surface area contributed by atoms with Crippen molar-refractivity contribution in [2.45, 2.75) is 71.9 Å². The van der Waals surface area contributed by atoms with Crippen LogP contribution in [0.2, 0.25) is 0 Å². The van der Waals surface area contributed by atoms with Crippen LogP contribution in [0, 0.1) is 5.92 Å². The van der Waals surface area contributed by atoms with Crippen molar-refractivity contribution < 1.29 is 4.74 Å². The number of rotatable bonds is 9. The van der Waals surface area contributed by atoms with Gasteiger partial charge in [-0.05, 0) is 25.2 Å². The zero-order chi connectivity index (χ0) is 15.0. The third-order valence-corrected chi connectivity index (χ3v) is 4.74. The average Bonchev–Trinajstić information content (AvgIpc) is 2.44. The van der Waals surface area contributed by atoms with Crippen molar-refractivity contribution in [2.75, 3.05) is 32.8 Å². The molecule has 0 saturated carbocycles. The summed E-state index contributed by atoms with van der Waals surface area (Å²) in [6.45, 7) is 16.5. The van der Waals surface area contributed by atoms with Crippen LogP contribution >= 0.6 is 0 Å². The molecule has 1 saturated heterocycles. The Morgan fingerprint density at radius 2 is 1.95 bits per heavy atom. The molecule has 1 fully saturated rings. The number of ether oxygens (including phenoxy) is 1. The lowest BCUT2D eigenvalue weighted by molar-refractivity contribution is -0.000219. The molecule has 0 aliphatic carbocycles. The van der Waals surface area contributed by atoms with E-state index in [1.165, 1.54) is 32.2 Å². The Bertz CT molecular complexity index is 251. The van der Waals surface area contributed by atoms with Crippen molar-refractivity contribution in [1.82, 2.24) is 10.2 Å². The van der Waals surface area contributed by atoms with Crippen molar-refractivity contribution in [3.8, 4) is 0 Å². The average molecular weight is 284 g/mol. The van der Waals surface area contributed by atoms with Gasteiger partial charge >= 0.3 is 0 Å². The normalized spacial score (nSPS) is 23.4. The molecule has 0 aromatic carbocycles. The van der Waals surface area contributed by atoms with E-state index in [1.54, 1.807) is 0 Å². The Labute approximate surface area is 126 Å². The highest BCUT2D eigenvalue weighted by Gasteiger charge is 2.38. The van der Waals surface area contributed by atoms with Gasteiger partial charge in [0.15, 0.2) is 0 Å². The Morgan fingerprint density at radius 1 is 1.25 bits per heavy atom. The minimum atomic E-state index is 0.339. The summed E-state index contributed by atoms with van der Waals surface area (Å²) in [4.78, 5) is 2.70. The molecule has 1 N–H and O–H groups in total. The van der Waals surface area contributed by atoms with Crippen LogP contribution in [0.3, 0.4) is 0 Å². The smallest absolute Gasteiger partial charge is 0.0593 e. The zero-order valence-electron chi connectivity index (χ0n) is 14.4. The molecule has 1 heterocycles. The Hall–Kier alpha value is -0.120. The molecule has 0 spiro atoms. The Morgan fingerprint density at radius 3 is 2.50 bits per heavy atom. The van der Waals surface area contributed by atoms with E-state index in [9.17, 15) is 0 Å². The molecule has 0 amide bonds. The van der Waals surface area contributed by atoms with E-state index in [0.29, 0.717) is 17.5 Å². The molecule has 1 atom stereocenters. The fraction of sp³-hybridized carbons (Fsp3) is 1.00. The highest BCUT2D eigenvalue weighted by atomic mass is 16.5. The largest absolute Gasteiger partial charge is 0.380 e. The van der Waals surface area contributed by atoms with E-state index in [1.807, 2.05) is 0 Å². The summed E-state index contributed by atoms with van der Waals surface area (Å²) in [6.07, 6.45) is 4.99. The Kier molecular flexibility index (Phi) is 8.08. The lowest BCUT2D eigenvalue weighted by atomic mass is 9.86. The molecule has 20 heavy (non-hydrogen) atoms. The van der Waals surface area contributed by atoms with E-state index in [-0.39, 0.29) is 0 Å². The number of nitrogens with zero attached hydrogens (tertiary/aromatic N) is 1. The first-order chi connectivity index (χ1) is 9.57. The summed E-state index contributed by atoms with van der Waals surface area (Å²) >= 11 is 0. The molecule has 120 valence electrons. The van der Waals surface area contributed by atoms with Gasteiger partial charge in [-0.25, -0.2) is 0 Å². The molecule has 0 bridgehead atoms. The maximum atomic E-state index is 5.81. The van der Waals surface area contributed by atoms with E-state index in [0.717, 1.165) is 26.3 Å². The maximum absolute atomic E-state index is 5.81. The van der Waals surface area contributed by atoms with Gasteiger partial charge in [-0.1, -0.05) is 41.0 Å². The molecule has 1 unspecified atom stereocenters. The molecule has 1 aliphatic heterocycles. The summed E-state index contributed by atoms with van der Waals surface area (Å²) in [5.74, 6) is 0.632. The first-order valence-corrected chi connectivity index (χ1v) is 8.64. The topological polar surface area (TPSA) is 24.5 Å². The molecule has 0 aromatic rings. The van der Waals surface area contributed by atoms with E-state index < -0.39 is 0 Å². The molecule has 1 rings (SSSR count). The molecular formula is C17H36N2O. The second kappa shape index (κ2) is 9.01. The van der Waals surface area contributed by atoms with Crippen LogP contribution in [0.15, 0.2) is 0 Å². The summed E-state index contributed by atoms with van der Waals surface area (Å²) in [5, 5.41) is 3.77. The minimum absolute atomic E-state index is 0.339. The van der Waals surface area contributed by atoms with Gasteiger partial charge in [-0.3, -0.25) is 4.90 Å². The van der Waals surface area contributed by atoms with Crippen molar-refractivity contribution >= 4 is 0 Å². The molecular weight excluding hydrogens is 248 g/mol. The lowest BCUT2D eigenvalue weighted by Gasteiger charge is -2.49. The summed E-state index contributed by atoms with van der Waals surface area (Å²) in [5.41, 5.74) is 0.339. The molecule has 0 radical (unpaired) electrons. The highest BCUT2D eigenvalue weighted by Crippen LogP contribution is 2.27. The second-order valence-electron chi connectivity index (χ2n) is 6.71. The fourth-order valence-corrected chi connectivity index (χ4v) is 3.28. The molecule has 3 heteroatoms. The first-order valence-electron chi connectivity index (χ1n) is 8.64. The molecule has 0 aromatic heterocycles. The van der Waals surface area contributed by atoms with Gasteiger partial charge in [0.25, 0.3) is 0 Å². The summed E-state index contributed by atoms with van der Waals surface area (Å²) in [7, 11) is 0. The lowest BCUT2D eigenvalue weighted by Crippen LogP contribution is -2.64. The predicted octanol–water partition coefficient (Wildman–Crippen LogP) is 3.29. The van der Waals surface area contributed by atoms with Crippen LogP contribution in [-0.4, -0.2) is 49.3 Å². The number of hydrogen-bond donors (Lipinski definition) is 1. The summed E-state index contributed by atoms with van der Waals surface area (Å²) in [6, 6.07) is 0.663. The fourth-order valence-electron chi connectivity index (χ4n) is 3.28. The second-order valence-corrected chi connectivity index (χ2v) is 6.71. The van der Waals surface area contributed by atoms with Crippen LogP contribution < -0.4 is 5.32 Å². The standard InChI is InChI=1S/C17H36N2O/c1-6-9-16-12-19(10-11-20-13-15(4)5)17(7-2,8-3)14-18-16/h15-16,18H,6-14H2,1-5H3. The van der Waals surface area contributed by atoms with E-state index >= 15 is 0 Å². The predicted molar refractivity (Wildman–Crippen MR) is 87.2 cm³/mol. The van der Waals surface area contributed by atoms with Gasteiger partial charge in [-0.2, -0.15) is 0 Å². The van der Waals surface area contributed by atoms with Gasteiger partial charge < -0.3 is 10.1 Å². The van der Waals surface area contributed by atoms with Gasteiger partial charge in [0.05, 0.1) is 6.61 Å². The van der Waals surface area contributed by atoms with Crippen molar-refractivity contribution in [2.24, 2.45) is 5.92 Å². The van der Waals surface area contributed by atoms with Crippen LogP contribution in [-0.2, 0) is 4.74 Å². The highest BCUT2D eigenvalue weighted by molar-refractivity contribution is 4.97. The number of hydrogen-bond acceptors (Lipinski definition) is 3. The number of piperazine rings is 1. The van der Waals surface area contributed by atoms with E-state index in [4.69, 9.17) is 4.74 Å². The van der Waals surface area contributed by atoms with Crippen molar-refractivity contribution in [3.63, 3.8) is 0 Å². The quantitative estimate of drug-likeness (QED) is 0.658. The van der Waals surface area contributed by atoms with Gasteiger partial charge in [-0.15, -0.1) is 0 Å². The van der Waals surface area contributed by atoms with E-state index in [2.05, 4.69) is 44.8 Å². The maximum Gasteiger partial charge on any atom is 0.0593 e. The van der Waals surface area contributed by atoms with Crippen LogP contribution in [0.1, 0.15) is 60.3 Å². The first kappa shape index (κ1) is 17.9. The third kappa shape index (κ3) is 5.01. The van der Waals surface area contributed by atoms with Crippen LogP contribution in [0.5, 0.6) is 0 Å². The zero-order valence-corrected chi connectivity index (χ0v) is 14.4. The van der Waals surface area contributed by atoms with Gasteiger partial charge in [0.1, 0.15) is 0 Å². The van der Waals surface area contributed by atoms with Crippen LogP contribution in [0.25, 0.3) is 0 Å². The van der Waals surface area contributed by atoms with Crippen LogP contribution in [0.4, 0.5) is 0 Å². The third-order valence-electron chi connectivity index (χ3n) is 4.74. The monoisotopic (exact) mass is 284 g/mol.